The highest BCUT2D eigenvalue weighted by Crippen LogP contribution is 2.15. The zero-order valence-corrected chi connectivity index (χ0v) is 9.99. The Balaban J connectivity index is 2.79. The summed E-state index contributed by atoms with van der Waals surface area (Å²) in [5.41, 5.74) is 0. The molecule has 0 spiro atoms. The van der Waals surface area contributed by atoms with Crippen LogP contribution in [-0.2, 0) is 0 Å². The van der Waals surface area contributed by atoms with E-state index in [9.17, 15) is 0 Å². The lowest BCUT2D eigenvalue weighted by atomic mass is 10.1. The smallest absolute Gasteiger partial charge is 0.0250 e. The summed E-state index contributed by atoms with van der Waals surface area (Å²) >= 11 is 0. The average molecular weight is 199 g/mol. The fourth-order valence-electron chi connectivity index (χ4n) is 1.43. The molecule has 0 aromatic rings. The Hall–Kier alpha value is 0.170. The average Bonchev–Trinajstić information content (AvgIpc) is 2.16. The highest BCUT2D eigenvalue weighted by atomic mass is 31.1. The lowest BCUT2D eigenvalue weighted by molar-refractivity contribution is 0.586. The summed E-state index contributed by atoms with van der Waals surface area (Å²) in [4.78, 5) is 0. The van der Waals surface area contributed by atoms with Gasteiger partial charge in [0.1, 0.15) is 0 Å². The monoisotopic (exact) mass is 199 g/mol. The third-order valence-electron chi connectivity index (χ3n) is 2.27. The van der Waals surface area contributed by atoms with Crippen molar-refractivity contribution in [1.82, 2.24) is 0 Å². The Morgan fingerprint density at radius 3 is 2.00 bits per heavy atom. The molecule has 0 N–H and O–H groups in total. The van der Waals surface area contributed by atoms with Gasteiger partial charge in [-0.05, 0) is 12.6 Å². The van der Waals surface area contributed by atoms with Gasteiger partial charge in [-0.2, -0.15) is 0 Å². The van der Waals surface area contributed by atoms with E-state index in [0.29, 0.717) is 0 Å². The van der Waals surface area contributed by atoms with Gasteiger partial charge in [-0.25, -0.2) is 0 Å². The molecule has 1 heteroatoms. The van der Waals surface area contributed by atoms with E-state index in [2.05, 4.69) is 13.5 Å². The quantitative estimate of drug-likeness (QED) is 0.334. The van der Waals surface area contributed by atoms with Crippen molar-refractivity contribution in [2.24, 2.45) is 0 Å². The van der Waals surface area contributed by atoms with Gasteiger partial charge in [0.15, 0.2) is 0 Å². The molecule has 77 valence electrons. The summed E-state index contributed by atoms with van der Waals surface area (Å²) < 4.78 is 0. The van der Waals surface area contributed by atoms with E-state index in [1.165, 1.54) is 66.1 Å². The summed E-state index contributed by atoms with van der Waals surface area (Å²) in [5.74, 6) is 2.00. The molecule has 0 atom stereocenters. The van der Waals surface area contributed by atoms with Crippen LogP contribution in [0, 0.1) is 0 Å². The van der Waals surface area contributed by atoms with Gasteiger partial charge in [0, 0.05) is 0 Å². The van der Waals surface area contributed by atoms with E-state index in [1.807, 2.05) is 5.82 Å². The van der Waals surface area contributed by atoms with Gasteiger partial charge in [-0.3, -0.25) is 0 Å². The first kappa shape index (κ1) is 13.2. The molecule has 0 unspecified atom stereocenters. The molecule has 0 saturated heterocycles. The van der Waals surface area contributed by atoms with Crippen LogP contribution in [0.15, 0.2) is 12.4 Å². The van der Waals surface area contributed by atoms with Gasteiger partial charge < -0.3 is 0 Å². The van der Waals surface area contributed by atoms with Crippen LogP contribution in [0.4, 0.5) is 0 Å². The van der Waals surface area contributed by atoms with Gasteiger partial charge in [0.2, 0.25) is 0 Å². The van der Waals surface area contributed by atoms with Crippen molar-refractivity contribution in [2.75, 3.05) is 6.16 Å². The Morgan fingerprint density at radius 2 is 1.46 bits per heavy atom. The first-order valence-electron chi connectivity index (χ1n) is 5.69. The second-order valence-corrected chi connectivity index (χ2v) is 4.74. The zero-order chi connectivity index (χ0) is 9.78. The van der Waals surface area contributed by atoms with Gasteiger partial charge in [-0.15, -0.1) is 0 Å². The minimum Gasteiger partial charge on any atom is -0.0982 e. The minimum absolute atomic E-state index is 1.32. The SMILES string of the molecule is C=C[P]CCCCCCCCCC. The minimum atomic E-state index is 1.32. The molecular weight excluding hydrogens is 175 g/mol. The Labute approximate surface area is 86.0 Å². The first-order valence-corrected chi connectivity index (χ1v) is 6.84. The number of hydrogen-bond donors (Lipinski definition) is 0. The normalized spacial score (nSPS) is 11.2. The molecule has 0 rings (SSSR count). The van der Waals surface area contributed by atoms with E-state index in [-0.39, 0.29) is 0 Å². The second kappa shape index (κ2) is 12.2. The first-order chi connectivity index (χ1) is 6.41. The maximum Gasteiger partial charge on any atom is -0.0250 e. The van der Waals surface area contributed by atoms with Gasteiger partial charge in [0.05, 0.1) is 0 Å². The second-order valence-electron chi connectivity index (χ2n) is 3.56. The van der Waals surface area contributed by atoms with Crippen LogP contribution in [0.5, 0.6) is 0 Å². The Kier molecular flexibility index (Phi) is 12.3. The van der Waals surface area contributed by atoms with E-state index >= 15 is 0 Å². The van der Waals surface area contributed by atoms with Crippen molar-refractivity contribution >= 4 is 8.58 Å². The summed E-state index contributed by atoms with van der Waals surface area (Å²) in [6.07, 6.45) is 12.7. The van der Waals surface area contributed by atoms with Crippen molar-refractivity contribution in [3.63, 3.8) is 0 Å². The third kappa shape index (κ3) is 12.2. The molecule has 0 aromatic heterocycles. The highest BCUT2D eigenvalue weighted by molar-refractivity contribution is 7.41. The molecule has 0 bridgehead atoms. The van der Waals surface area contributed by atoms with Crippen LogP contribution in [0.3, 0.4) is 0 Å². The summed E-state index contributed by atoms with van der Waals surface area (Å²) in [6, 6.07) is 0. The number of unbranched alkanes of at least 4 members (excludes halogenated alkanes) is 7. The standard InChI is InChI=1S/C12H24P/c1-3-5-6-7-8-9-10-11-12-13-4-2/h4H,2-3,5-12H2,1H3. The van der Waals surface area contributed by atoms with Crippen LogP contribution < -0.4 is 0 Å². The zero-order valence-electron chi connectivity index (χ0n) is 9.10. The predicted octanol–water partition coefficient (Wildman–Crippen LogP) is 5.22. The summed E-state index contributed by atoms with van der Waals surface area (Å²) in [6.45, 7) is 5.99. The molecule has 0 fully saturated rings. The third-order valence-corrected chi connectivity index (χ3v) is 3.10. The van der Waals surface area contributed by atoms with Crippen LogP contribution in [-0.4, -0.2) is 6.16 Å². The van der Waals surface area contributed by atoms with Crippen LogP contribution in [0.25, 0.3) is 0 Å². The van der Waals surface area contributed by atoms with Crippen LogP contribution in [0.1, 0.15) is 58.3 Å². The highest BCUT2D eigenvalue weighted by Gasteiger charge is 1.90. The maximum absolute atomic E-state index is 3.72. The molecular formula is C12H24P. The molecule has 0 nitrogen and oxygen atoms in total. The van der Waals surface area contributed by atoms with Crippen molar-refractivity contribution in [1.29, 1.82) is 0 Å². The maximum atomic E-state index is 3.72. The van der Waals surface area contributed by atoms with Crippen molar-refractivity contribution in [3.8, 4) is 0 Å². The molecule has 0 aliphatic carbocycles. The fourth-order valence-corrected chi connectivity index (χ4v) is 2.02. The van der Waals surface area contributed by atoms with Gasteiger partial charge in [-0.1, -0.05) is 72.8 Å². The predicted molar refractivity (Wildman–Crippen MR) is 64.6 cm³/mol. The van der Waals surface area contributed by atoms with Gasteiger partial charge >= 0.3 is 0 Å². The Morgan fingerprint density at radius 1 is 0.923 bits per heavy atom. The van der Waals surface area contributed by atoms with Crippen molar-refractivity contribution in [2.45, 2.75) is 58.3 Å². The lowest BCUT2D eigenvalue weighted by Crippen LogP contribution is -1.81. The summed E-state index contributed by atoms with van der Waals surface area (Å²) in [5, 5.41) is 0. The van der Waals surface area contributed by atoms with Gasteiger partial charge in [0.25, 0.3) is 0 Å². The topological polar surface area (TPSA) is 0 Å². The fraction of sp³-hybridized carbons (Fsp3) is 0.833. The van der Waals surface area contributed by atoms with Crippen LogP contribution in [0.2, 0.25) is 0 Å². The largest absolute Gasteiger partial charge is 0.0982 e. The van der Waals surface area contributed by atoms with Crippen molar-refractivity contribution in [3.05, 3.63) is 12.4 Å². The molecule has 0 saturated carbocycles. The molecule has 0 aromatic carbocycles. The van der Waals surface area contributed by atoms with Crippen LogP contribution >= 0.6 is 8.58 Å². The molecule has 0 aliphatic heterocycles. The number of hydrogen-bond acceptors (Lipinski definition) is 0. The van der Waals surface area contributed by atoms with E-state index in [4.69, 9.17) is 0 Å². The van der Waals surface area contributed by atoms with E-state index < -0.39 is 0 Å². The molecule has 0 heterocycles. The number of rotatable bonds is 10. The Bertz CT molecular complexity index is 99.3. The molecule has 0 aliphatic rings. The van der Waals surface area contributed by atoms with Crippen molar-refractivity contribution < 1.29 is 0 Å². The van der Waals surface area contributed by atoms with E-state index in [1.54, 1.807) is 0 Å². The molecule has 0 amide bonds. The molecule has 13 heavy (non-hydrogen) atoms. The summed E-state index contributed by atoms with van der Waals surface area (Å²) in [7, 11) is 1.42. The lowest BCUT2D eigenvalue weighted by Gasteiger charge is -2.00. The van der Waals surface area contributed by atoms with E-state index in [0.717, 1.165) is 0 Å². The molecule has 1 radical (unpaired) electrons.